The zero-order chi connectivity index (χ0) is 13.5. The molecule has 19 heavy (non-hydrogen) atoms. The second kappa shape index (κ2) is 6.84. The Hall–Kier alpha value is -1.95. The van der Waals surface area contributed by atoms with Crippen LogP contribution in [0.2, 0.25) is 0 Å². The number of nitrogens with zero attached hydrogens (tertiary/aromatic N) is 2. The molecular weight excluding hydrogens is 260 g/mol. The first-order chi connectivity index (χ1) is 9.29. The van der Waals surface area contributed by atoms with E-state index in [0.29, 0.717) is 12.1 Å². The zero-order valence-electron chi connectivity index (χ0n) is 10.7. The summed E-state index contributed by atoms with van der Waals surface area (Å²) >= 11 is 1.52. The van der Waals surface area contributed by atoms with Gasteiger partial charge in [0.2, 0.25) is 0 Å². The molecule has 5 nitrogen and oxygen atoms in total. The number of rotatable bonds is 6. The zero-order valence-corrected chi connectivity index (χ0v) is 11.5. The average Bonchev–Trinajstić information content (AvgIpc) is 2.96. The van der Waals surface area contributed by atoms with Crippen molar-refractivity contribution in [2.45, 2.75) is 19.9 Å². The van der Waals surface area contributed by atoms with Gasteiger partial charge in [-0.3, -0.25) is 9.78 Å². The molecule has 2 aromatic heterocycles. The summed E-state index contributed by atoms with van der Waals surface area (Å²) in [6, 6.07) is 3.59. The second-order valence-corrected chi connectivity index (χ2v) is 4.98. The lowest BCUT2D eigenvalue weighted by molar-refractivity contribution is 0.0951. The lowest BCUT2D eigenvalue weighted by Crippen LogP contribution is -2.22. The molecule has 0 saturated carbocycles. The summed E-state index contributed by atoms with van der Waals surface area (Å²) < 4.78 is 0. The molecule has 1 amide bonds. The van der Waals surface area contributed by atoms with Crippen LogP contribution in [0.5, 0.6) is 0 Å². The fourth-order valence-electron chi connectivity index (χ4n) is 1.48. The van der Waals surface area contributed by atoms with Crippen LogP contribution in [0.1, 0.15) is 28.6 Å². The molecule has 2 N–H and O–H groups in total. The first-order valence-corrected chi connectivity index (χ1v) is 7.03. The highest BCUT2D eigenvalue weighted by atomic mass is 32.1. The predicted molar refractivity (Wildman–Crippen MR) is 76.3 cm³/mol. The third kappa shape index (κ3) is 4.03. The number of thiazole rings is 1. The number of aromatic nitrogens is 2. The number of anilines is 1. The first-order valence-electron chi connectivity index (χ1n) is 6.15. The monoisotopic (exact) mass is 276 g/mol. The Kier molecular flexibility index (Phi) is 4.85. The van der Waals surface area contributed by atoms with E-state index in [1.54, 1.807) is 24.0 Å². The Morgan fingerprint density at radius 3 is 2.89 bits per heavy atom. The van der Waals surface area contributed by atoms with Crippen LogP contribution in [0.4, 0.5) is 5.82 Å². The molecule has 2 aromatic rings. The van der Waals surface area contributed by atoms with E-state index in [4.69, 9.17) is 0 Å². The molecule has 0 aliphatic heterocycles. The lowest BCUT2D eigenvalue weighted by Gasteiger charge is -2.05. The van der Waals surface area contributed by atoms with E-state index in [9.17, 15) is 4.79 Å². The number of amides is 1. The van der Waals surface area contributed by atoms with Crippen molar-refractivity contribution in [2.24, 2.45) is 0 Å². The fraction of sp³-hybridized carbons (Fsp3) is 0.308. The van der Waals surface area contributed by atoms with Crippen LogP contribution in [-0.4, -0.2) is 22.4 Å². The van der Waals surface area contributed by atoms with Crippen molar-refractivity contribution in [1.82, 2.24) is 15.3 Å². The van der Waals surface area contributed by atoms with Gasteiger partial charge >= 0.3 is 0 Å². The van der Waals surface area contributed by atoms with Gasteiger partial charge in [0, 0.05) is 23.8 Å². The maximum Gasteiger partial charge on any atom is 0.253 e. The van der Waals surface area contributed by atoms with Crippen molar-refractivity contribution in [2.75, 3.05) is 11.9 Å². The van der Waals surface area contributed by atoms with E-state index >= 15 is 0 Å². The van der Waals surface area contributed by atoms with Gasteiger partial charge in [-0.15, -0.1) is 11.3 Å². The predicted octanol–water partition coefficient (Wildman–Crippen LogP) is 2.29. The fourth-order valence-corrected chi connectivity index (χ4v) is 2.02. The molecule has 2 rings (SSSR count). The van der Waals surface area contributed by atoms with Crippen LogP contribution in [-0.2, 0) is 6.54 Å². The normalized spacial score (nSPS) is 10.2. The van der Waals surface area contributed by atoms with Crippen molar-refractivity contribution in [3.63, 3.8) is 0 Å². The summed E-state index contributed by atoms with van der Waals surface area (Å²) in [6.45, 7) is 3.47. The van der Waals surface area contributed by atoms with E-state index in [1.165, 1.54) is 11.3 Å². The molecule has 0 bridgehead atoms. The number of carbonyl (C=O) groups is 1. The molecule has 0 aromatic carbocycles. The smallest absolute Gasteiger partial charge is 0.253 e. The molecule has 2 heterocycles. The first kappa shape index (κ1) is 13.5. The lowest BCUT2D eigenvalue weighted by atomic mass is 10.2. The van der Waals surface area contributed by atoms with Gasteiger partial charge in [-0.05, 0) is 18.6 Å². The van der Waals surface area contributed by atoms with E-state index in [-0.39, 0.29) is 5.91 Å². The Morgan fingerprint density at radius 1 is 1.37 bits per heavy atom. The molecule has 0 saturated heterocycles. The van der Waals surface area contributed by atoms with Crippen LogP contribution < -0.4 is 10.6 Å². The minimum atomic E-state index is -0.122. The molecule has 0 unspecified atom stereocenters. The summed E-state index contributed by atoms with van der Waals surface area (Å²) in [5.74, 6) is 0.670. The maximum atomic E-state index is 11.9. The number of hydrogen-bond acceptors (Lipinski definition) is 5. The Morgan fingerprint density at radius 2 is 2.26 bits per heavy atom. The van der Waals surface area contributed by atoms with Crippen molar-refractivity contribution >= 4 is 23.1 Å². The highest BCUT2D eigenvalue weighted by Gasteiger charge is 2.06. The minimum Gasteiger partial charge on any atom is -0.370 e. The van der Waals surface area contributed by atoms with Gasteiger partial charge in [0.15, 0.2) is 0 Å². The van der Waals surface area contributed by atoms with Gasteiger partial charge < -0.3 is 10.6 Å². The highest BCUT2D eigenvalue weighted by Crippen LogP contribution is 2.07. The molecule has 100 valence electrons. The standard InChI is InChI=1S/C13H16N4OS/c1-2-5-15-12-4-3-10(6-16-12)13(18)17-8-11-7-14-9-19-11/h3-4,6-7,9H,2,5,8H2,1H3,(H,15,16)(H,17,18). The summed E-state index contributed by atoms with van der Waals surface area (Å²) in [7, 11) is 0. The van der Waals surface area contributed by atoms with Gasteiger partial charge in [-0.25, -0.2) is 4.98 Å². The molecule has 6 heteroatoms. The van der Waals surface area contributed by atoms with Crippen molar-refractivity contribution in [3.05, 3.63) is 40.5 Å². The van der Waals surface area contributed by atoms with Gasteiger partial charge in [-0.1, -0.05) is 6.92 Å². The molecule has 0 aliphatic rings. The average molecular weight is 276 g/mol. The molecule has 0 atom stereocenters. The van der Waals surface area contributed by atoms with E-state index < -0.39 is 0 Å². The molecule has 0 radical (unpaired) electrons. The molecule has 0 fully saturated rings. The SMILES string of the molecule is CCCNc1ccc(C(=O)NCc2cncs2)cn1. The largest absolute Gasteiger partial charge is 0.370 e. The van der Waals surface area contributed by atoms with Gasteiger partial charge in [-0.2, -0.15) is 0 Å². The quantitative estimate of drug-likeness (QED) is 0.849. The van der Waals surface area contributed by atoms with Crippen molar-refractivity contribution in [1.29, 1.82) is 0 Å². The van der Waals surface area contributed by atoms with Crippen molar-refractivity contribution in [3.8, 4) is 0 Å². The number of nitrogens with one attached hydrogen (secondary N) is 2. The Bertz CT molecular complexity index is 510. The van der Waals surface area contributed by atoms with E-state index in [0.717, 1.165) is 23.7 Å². The summed E-state index contributed by atoms with van der Waals surface area (Å²) in [6.07, 6.45) is 4.37. The van der Waals surface area contributed by atoms with Crippen LogP contribution in [0.15, 0.2) is 30.0 Å². The summed E-state index contributed by atoms with van der Waals surface area (Å²) in [5.41, 5.74) is 2.31. The Balaban J connectivity index is 1.88. The van der Waals surface area contributed by atoms with Crippen molar-refractivity contribution < 1.29 is 4.79 Å². The van der Waals surface area contributed by atoms with Crippen LogP contribution in [0, 0.1) is 0 Å². The van der Waals surface area contributed by atoms with E-state index in [1.807, 2.05) is 6.07 Å². The van der Waals surface area contributed by atoms with Crippen LogP contribution in [0.3, 0.4) is 0 Å². The maximum absolute atomic E-state index is 11.9. The van der Waals surface area contributed by atoms with Crippen LogP contribution >= 0.6 is 11.3 Å². The second-order valence-electron chi connectivity index (χ2n) is 4.01. The highest BCUT2D eigenvalue weighted by molar-refractivity contribution is 7.09. The summed E-state index contributed by atoms with van der Waals surface area (Å²) in [5, 5.41) is 6.00. The van der Waals surface area contributed by atoms with Gasteiger partial charge in [0.25, 0.3) is 5.91 Å². The number of pyridine rings is 1. The molecular formula is C13H16N4OS. The van der Waals surface area contributed by atoms with Gasteiger partial charge in [0.05, 0.1) is 17.6 Å². The topological polar surface area (TPSA) is 66.9 Å². The number of carbonyl (C=O) groups excluding carboxylic acids is 1. The number of hydrogen-bond donors (Lipinski definition) is 2. The van der Waals surface area contributed by atoms with Gasteiger partial charge in [0.1, 0.15) is 5.82 Å². The Labute approximate surface area is 116 Å². The van der Waals surface area contributed by atoms with Crippen LogP contribution in [0.25, 0.3) is 0 Å². The molecule has 0 spiro atoms. The summed E-state index contributed by atoms with van der Waals surface area (Å²) in [4.78, 5) is 21.1. The molecule has 0 aliphatic carbocycles. The minimum absolute atomic E-state index is 0.122. The third-order valence-electron chi connectivity index (χ3n) is 2.49. The van der Waals surface area contributed by atoms with E-state index in [2.05, 4.69) is 27.5 Å². The third-order valence-corrected chi connectivity index (χ3v) is 3.27.